The average Bonchev–Trinajstić information content (AvgIpc) is 2.53. The number of rotatable bonds is 1. The lowest BCUT2D eigenvalue weighted by atomic mass is 10.3. The SMILES string of the molecule is CN1CCN(C)C1=Nc1ccccc1Br. The molecule has 0 saturated carbocycles. The van der Waals surface area contributed by atoms with Crippen LogP contribution < -0.4 is 0 Å². The first-order valence-corrected chi connectivity index (χ1v) is 5.73. The number of nitrogens with zero attached hydrogens (tertiary/aromatic N) is 3. The number of hydrogen-bond donors (Lipinski definition) is 0. The summed E-state index contributed by atoms with van der Waals surface area (Å²) in [7, 11) is 4.14. The third kappa shape index (κ3) is 2.15. The van der Waals surface area contributed by atoms with Gasteiger partial charge in [0.15, 0.2) is 0 Å². The van der Waals surface area contributed by atoms with Gasteiger partial charge in [-0.15, -0.1) is 0 Å². The van der Waals surface area contributed by atoms with Crippen molar-refractivity contribution in [2.24, 2.45) is 4.99 Å². The summed E-state index contributed by atoms with van der Waals surface area (Å²) in [5, 5.41) is 0. The van der Waals surface area contributed by atoms with Gasteiger partial charge in [0.25, 0.3) is 0 Å². The zero-order valence-electron chi connectivity index (χ0n) is 8.94. The van der Waals surface area contributed by atoms with Crippen LogP contribution in [0.25, 0.3) is 0 Å². The van der Waals surface area contributed by atoms with Crippen LogP contribution in [0.15, 0.2) is 33.7 Å². The van der Waals surface area contributed by atoms with Crippen molar-refractivity contribution in [3.05, 3.63) is 28.7 Å². The van der Waals surface area contributed by atoms with Crippen LogP contribution >= 0.6 is 15.9 Å². The van der Waals surface area contributed by atoms with Crippen molar-refractivity contribution in [1.82, 2.24) is 9.80 Å². The zero-order chi connectivity index (χ0) is 10.8. The molecule has 4 heteroatoms. The van der Waals surface area contributed by atoms with E-state index in [-0.39, 0.29) is 0 Å². The van der Waals surface area contributed by atoms with Crippen LogP contribution in [0.2, 0.25) is 0 Å². The zero-order valence-corrected chi connectivity index (χ0v) is 10.5. The number of aliphatic imine (C=N–C) groups is 1. The van der Waals surface area contributed by atoms with E-state index < -0.39 is 0 Å². The first-order valence-electron chi connectivity index (χ1n) is 4.94. The normalized spacial score (nSPS) is 16.1. The number of benzene rings is 1. The molecule has 1 aliphatic heterocycles. The number of hydrogen-bond acceptors (Lipinski definition) is 1. The minimum absolute atomic E-state index is 0.980. The Kier molecular flexibility index (Phi) is 2.95. The molecule has 0 radical (unpaired) electrons. The second-order valence-corrected chi connectivity index (χ2v) is 4.56. The highest BCUT2D eigenvalue weighted by atomic mass is 79.9. The Morgan fingerprint density at radius 1 is 1.13 bits per heavy atom. The van der Waals surface area contributed by atoms with Crippen molar-refractivity contribution in [3.63, 3.8) is 0 Å². The molecule has 0 spiro atoms. The van der Waals surface area contributed by atoms with Gasteiger partial charge < -0.3 is 9.80 Å². The molecule has 0 aliphatic carbocycles. The maximum Gasteiger partial charge on any atom is 0.201 e. The fraction of sp³-hybridized carbons (Fsp3) is 0.364. The van der Waals surface area contributed by atoms with Crippen LogP contribution in [0.3, 0.4) is 0 Å². The fourth-order valence-electron chi connectivity index (χ4n) is 1.61. The van der Waals surface area contributed by atoms with Crippen molar-refractivity contribution in [3.8, 4) is 0 Å². The van der Waals surface area contributed by atoms with Crippen molar-refractivity contribution in [1.29, 1.82) is 0 Å². The van der Waals surface area contributed by atoms with Gasteiger partial charge in [-0.3, -0.25) is 0 Å². The molecule has 1 aromatic carbocycles. The first kappa shape index (κ1) is 10.5. The highest BCUT2D eigenvalue weighted by molar-refractivity contribution is 9.10. The molecular formula is C11H14BrN3. The average molecular weight is 268 g/mol. The van der Waals surface area contributed by atoms with E-state index in [0.717, 1.165) is 29.2 Å². The number of halogens is 1. The quantitative estimate of drug-likeness (QED) is 0.778. The fourth-order valence-corrected chi connectivity index (χ4v) is 1.99. The van der Waals surface area contributed by atoms with Gasteiger partial charge in [-0.05, 0) is 28.1 Å². The third-order valence-corrected chi connectivity index (χ3v) is 3.20. The van der Waals surface area contributed by atoms with Crippen molar-refractivity contribution in [2.45, 2.75) is 0 Å². The summed E-state index contributed by atoms with van der Waals surface area (Å²) >= 11 is 3.50. The van der Waals surface area contributed by atoms with Crippen LogP contribution in [0.4, 0.5) is 5.69 Å². The van der Waals surface area contributed by atoms with Gasteiger partial charge in [0.2, 0.25) is 5.96 Å². The van der Waals surface area contributed by atoms with Crippen LogP contribution in [0.1, 0.15) is 0 Å². The Bertz CT molecular complexity index is 377. The summed E-state index contributed by atoms with van der Waals surface area (Å²) in [5.41, 5.74) is 0.980. The maximum atomic E-state index is 4.64. The van der Waals surface area contributed by atoms with Crippen molar-refractivity contribution in [2.75, 3.05) is 27.2 Å². The summed E-state index contributed by atoms with van der Waals surface area (Å²) in [6.45, 7) is 2.08. The Labute approximate surface area is 98.5 Å². The topological polar surface area (TPSA) is 18.8 Å². The molecule has 80 valence electrons. The van der Waals surface area contributed by atoms with Crippen LogP contribution in [-0.4, -0.2) is 42.9 Å². The largest absolute Gasteiger partial charge is 0.344 e. The van der Waals surface area contributed by atoms with E-state index >= 15 is 0 Å². The highest BCUT2D eigenvalue weighted by Gasteiger charge is 2.19. The van der Waals surface area contributed by atoms with E-state index in [0.29, 0.717) is 0 Å². The van der Waals surface area contributed by atoms with E-state index in [1.54, 1.807) is 0 Å². The molecule has 3 nitrogen and oxygen atoms in total. The van der Waals surface area contributed by atoms with E-state index in [2.05, 4.69) is 44.8 Å². The standard InChI is InChI=1S/C11H14BrN3/c1-14-7-8-15(2)11(14)13-10-6-4-3-5-9(10)12/h3-6H,7-8H2,1-2H3. The number of guanidine groups is 1. The van der Waals surface area contributed by atoms with E-state index in [1.807, 2.05) is 24.3 Å². The number of para-hydroxylation sites is 1. The molecule has 0 N–H and O–H groups in total. The van der Waals surface area contributed by atoms with Gasteiger partial charge in [0.1, 0.15) is 0 Å². The lowest BCUT2D eigenvalue weighted by Gasteiger charge is -2.15. The molecule has 15 heavy (non-hydrogen) atoms. The molecule has 1 fully saturated rings. The van der Waals surface area contributed by atoms with Crippen LogP contribution in [-0.2, 0) is 0 Å². The highest BCUT2D eigenvalue weighted by Crippen LogP contribution is 2.25. The van der Waals surface area contributed by atoms with Gasteiger partial charge in [0, 0.05) is 31.7 Å². The van der Waals surface area contributed by atoms with Crippen LogP contribution in [0, 0.1) is 0 Å². The lowest BCUT2D eigenvalue weighted by Crippen LogP contribution is -2.27. The maximum absolute atomic E-state index is 4.64. The summed E-state index contributed by atoms with van der Waals surface area (Å²) in [6, 6.07) is 8.01. The van der Waals surface area contributed by atoms with Gasteiger partial charge >= 0.3 is 0 Å². The molecule has 0 amide bonds. The lowest BCUT2D eigenvalue weighted by molar-refractivity contribution is 0.553. The van der Waals surface area contributed by atoms with Crippen molar-refractivity contribution >= 4 is 27.6 Å². The minimum atomic E-state index is 0.980. The third-order valence-electron chi connectivity index (χ3n) is 2.53. The first-order chi connectivity index (χ1) is 7.18. The van der Waals surface area contributed by atoms with Gasteiger partial charge in [-0.1, -0.05) is 12.1 Å². The van der Waals surface area contributed by atoms with E-state index in [1.165, 1.54) is 0 Å². The summed E-state index contributed by atoms with van der Waals surface area (Å²) < 4.78 is 1.03. The Morgan fingerprint density at radius 2 is 1.73 bits per heavy atom. The molecule has 0 aromatic heterocycles. The Balaban J connectivity index is 2.33. The Hall–Kier alpha value is -1.03. The smallest absolute Gasteiger partial charge is 0.201 e. The predicted molar refractivity (Wildman–Crippen MR) is 66.5 cm³/mol. The molecule has 0 unspecified atom stereocenters. The van der Waals surface area contributed by atoms with Crippen LogP contribution in [0.5, 0.6) is 0 Å². The van der Waals surface area contributed by atoms with E-state index in [4.69, 9.17) is 0 Å². The summed E-state index contributed by atoms with van der Waals surface area (Å²) in [4.78, 5) is 8.97. The minimum Gasteiger partial charge on any atom is -0.344 e. The summed E-state index contributed by atoms with van der Waals surface area (Å²) in [5.74, 6) is 1.03. The molecule has 0 atom stereocenters. The molecule has 0 bridgehead atoms. The van der Waals surface area contributed by atoms with E-state index in [9.17, 15) is 0 Å². The van der Waals surface area contributed by atoms with Gasteiger partial charge in [-0.2, -0.15) is 0 Å². The monoisotopic (exact) mass is 267 g/mol. The molecule has 2 rings (SSSR count). The molecule has 1 aliphatic rings. The number of likely N-dealkylation sites (N-methyl/N-ethyl adjacent to an activating group) is 2. The van der Waals surface area contributed by atoms with Gasteiger partial charge in [0.05, 0.1) is 5.69 Å². The predicted octanol–water partition coefficient (Wildman–Crippen LogP) is 2.31. The molecule has 1 aromatic rings. The molecule has 1 heterocycles. The molecular weight excluding hydrogens is 254 g/mol. The summed E-state index contributed by atoms with van der Waals surface area (Å²) in [6.07, 6.45) is 0. The second-order valence-electron chi connectivity index (χ2n) is 3.71. The Morgan fingerprint density at radius 3 is 2.33 bits per heavy atom. The van der Waals surface area contributed by atoms with Gasteiger partial charge in [-0.25, -0.2) is 4.99 Å². The van der Waals surface area contributed by atoms with Crippen molar-refractivity contribution < 1.29 is 0 Å². The second kappa shape index (κ2) is 4.23. The molecule has 1 saturated heterocycles.